The number of fused-ring (bicyclic) bond motifs is 1. The Morgan fingerprint density at radius 1 is 1.10 bits per heavy atom. The predicted molar refractivity (Wildman–Crippen MR) is 81.9 cm³/mol. The summed E-state index contributed by atoms with van der Waals surface area (Å²) in [5.74, 6) is 0.00838. The average Bonchev–Trinajstić information content (AvgIpc) is 2.74. The number of aliphatic hydroxyl groups excluding tert-OH is 1. The first kappa shape index (κ1) is 13.3. The first-order valence-corrected chi connectivity index (χ1v) is 7.26. The number of carbonyl (C=O) groups is 1. The van der Waals surface area contributed by atoms with Crippen molar-refractivity contribution in [1.82, 2.24) is 0 Å². The summed E-state index contributed by atoms with van der Waals surface area (Å²) in [6.07, 6.45) is 0.336. The van der Waals surface area contributed by atoms with Crippen LogP contribution in [0.2, 0.25) is 0 Å². The van der Waals surface area contributed by atoms with E-state index in [9.17, 15) is 9.90 Å². The molecule has 20 heavy (non-hydrogen) atoms. The predicted octanol–water partition coefficient (Wildman–Crippen LogP) is 3.34. The zero-order chi connectivity index (χ0) is 14.2. The fourth-order valence-corrected chi connectivity index (χ4v) is 3.41. The van der Waals surface area contributed by atoms with Gasteiger partial charge < -0.3 is 10.4 Å². The van der Waals surface area contributed by atoms with Gasteiger partial charge in [-0.05, 0) is 23.8 Å². The molecular formula is C16H14BrNO2. The van der Waals surface area contributed by atoms with Crippen molar-refractivity contribution in [2.24, 2.45) is 0 Å². The molecule has 0 amide bonds. The normalized spacial score (nSPS) is 20.6. The standard InChI is InChI=1S/C16H14BrNO2/c17-13-7-3-2-6-12(13)16(9-10-19)15(20)11-5-1-4-8-14(11)18-16/h1-8,18-19H,9-10H2/t16-/m0/s1. The molecular weight excluding hydrogens is 318 g/mol. The molecule has 0 aromatic heterocycles. The molecule has 3 rings (SSSR count). The maximum absolute atomic E-state index is 12.9. The first-order chi connectivity index (χ1) is 9.69. The minimum absolute atomic E-state index is 0.00838. The molecule has 0 radical (unpaired) electrons. The smallest absolute Gasteiger partial charge is 0.194 e. The van der Waals surface area contributed by atoms with Crippen LogP contribution in [0.1, 0.15) is 22.3 Å². The van der Waals surface area contributed by atoms with Crippen LogP contribution in [0.4, 0.5) is 5.69 Å². The minimum Gasteiger partial charge on any atom is -0.396 e. The number of para-hydroxylation sites is 1. The molecule has 0 spiro atoms. The number of hydrogen-bond donors (Lipinski definition) is 2. The molecule has 1 aliphatic heterocycles. The van der Waals surface area contributed by atoms with Crippen LogP contribution in [-0.2, 0) is 5.54 Å². The summed E-state index contributed by atoms with van der Waals surface area (Å²) in [7, 11) is 0. The Bertz CT molecular complexity index is 671. The lowest BCUT2D eigenvalue weighted by Crippen LogP contribution is -2.39. The highest BCUT2D eigenvalue weighted by atomic mass is 79.9. The van der Waals surface area contributed by atoms with E-state index in [0.717, 1.165) is 15.7 Å². The van der Waals surface area contributed by atoms with E-state index in [4.69, 9.17) is 0 Å². The molecule has 0 bridgehead atoms. The summed E-state index contributed by atoms with van der Waals surface area (Å²) in [6.45, 7) is -0.0614. The van der Waals surface area contributed by atoms with Gasteiger partial charge in [0.05, 0.1) is 0 Å². The Balaban J connectivity index is 2.17. The van der Waals surface area contributed by atoms with Gasteiger partial charge in [0.25, 0.3) is 0 Å². The van der Waals surface area contributed by atoms with Gasteiger partial charge in [0.2, 0.25) is 0 Å². The summed E-state index contributed by atoms with van der Waals surface area (Å²) in [5, 5.41) is 12.7. The quantitative estimate of drug-likeness (QED) is 0.906. The Morgan fingerprint density at radius 3 is 2.50 bits per heavy atom. The number of ketones is 1. The Kier molecular flexibility index (Phi) is 3.36. The molecule has 0 fully saturated rings. The zero-order valence-corrected chi connectivity index (χ0v) is 12.4. The molecule has 2 aromatic carbocycles. The van der Waals surface area contributed by atoms with Crippen LogP contribution >= 0.6 is 15.9 Å². The average molecular weight is 332 g/mol. The van der Waals surface area contributed by atoms with Crippen LogP contribution in [0.15, 0.2) is 53.0 Å². The van der Waals surface area contributed by atoms with Crippen molar-refractivity contribution in [3.05, 3.63) is 64.1 Å². The molecule has 0 saturated heterocycles. The molecule has 3 nitrogen and oxygen atoms in total. The van der Waals surface area contributed by atoms with E-state index < -0.39 is 5.54 Å². The lowest BCUT2D eigenvalue weighted by Gasteiger charge is -2.29. The van der Waals surface area contributed by atoms with E-state index in [0.29, 0.717) is 12.0 Å². The van der Waals surface area contributed by atoms with Crippen molar-refractivity contribution in [1.29, 1.82) is 0 Å². The van der Waals surface area contributed by atoms with E-state index in [2.05, 4.69) is 21.2 Å². The molecule has 102 valence electrons. The molecule has 0 saturated carbocycles. The molecule has 2 N–H and O–H groups in total. The minimum atomic E-state index is -0.890. The van der Waals surface area contributed by atoms with Crippen molar-refractivity contribution >= 4 is 27.4 Å². The second-order valence-electron chi connectivity index (χ2n) is 4.86. The van der Waals surface area contributed by atoms with Gasteiger partial charge in [-0.3, -0.25) is 4.79 Å². The number of hydrogen-bond acceptors (Lipinski definition) is 3. The molecule has 0 aliphatic carbocycles. The first-order valence-electron chi connectivity index (χ1n) is 6.47. The highest BCUT2D eigenvalue weighted by Crippen LogP contribution is 2.43. The van der Waals surface area contributed by atoms with Crippen molar-refractivity contribution < 1.29 is 9.90 Å². The summed E-state index contributed by atoms with van der Waals surface area (Å²) >= 11 is 3.51. The van der Waals surface area contributed by atoms with Crippen LogP contribution in [0.25, 0.3) is 0 Å². The molecule has 1 heterocycles. The van der Waals surface area contributed by atoms with Crippen LogP contribution in [0.5, 0.6) is 0 Å². The van der Waals surface area contributed by atoms with E-state index in [1.807, 2.05) is 48.5 Å². The fourth-order valence-electron chi connectivity index (χ4n) is 2.78. The maximum Gasteiger partial charge on any atom is 0.194 e. The van der Waals surface area contributed by atoms with Crippen LogP contribution < -0.4 is 5.32 Å². The van der Waals surface area contributed by atoms with E-state index in [-0.39, 0.29) is 12.4 Å². The van der Waals surface area contributed by atoms with Crippen LogP contribution in [0.3, 0.4) is 0 Å². The van der Waals surface area contributed by atoms with Gasteiger partial charge in [-0.1, -0.05) is 46.3 Å². The molecule has 4 heteroatoms. The number of benzene rings is 2. The molecule has 1 aliphatic rings. The largest absolute Gasteiger partial charge is 0.396 e. The number of Topliss-reactive ketones (excluding diaryl/α,β-unsaturated/α-hetero) is 1. The topological polar surface area (TPSA) is 49.3 Å². The second-order valence-corrected chi connectivity index (χ2v) is 5.71. The van der Waals surface area contributed by atoms with Crippen molar-refractivity contribution in [2.45, 2.75) is 12.0 Å². The van der Waals surface area contributed by atoms with Crippen molar-refractivity contribution in [3.8, 4) is 0 Å². The van der Waals surface area contributed by atoms with Gasteiger partial charge in [-0.15, -0.1) is 0 Å². The third-order valence-electron chi connectivity index (χ3n) is 3.73. The third-order valence-corrected chi connectivity index (χ3v) is 4.42. The Morgan fingerprint density at radius 2 is 1.80 bits per heavy atom. The zero-order valence-electron chi connectivity index (χ0n) is 10.8. The molecule has 2 aromatic rings. The highest BCUT2D eigenvalue weighted by Gasteiger charge is 2.46. The van der Waals surface area contributed by atoms with Crippen molar-refractivity contribution in [2.75, 3.05) is 11.9 Å². The van der Waals surface area contributed by atoms with Gasteiger partial charge in [-0.2, -0.15) is 0 Å². The van der Waals surface area contributed by atoms with E-state index in [1.165, 1.54) is 0 Å². The number of aliphatic hydroxyl groups is 1. The van der Waals surface area contributed by atoms with E-state index >= 15 is 0 Å². The fraction of sp³-hybridized carbons (Fsp3) is 0.188. The van der Waals surface area contributed by atoms with Gasteiger partial charge >= 0.3 is 0 Å². The van der Waals surface area contributed by atoms with E-state index in [1.54, 1.807) is 0 Å². The Labute approximate surface area is 125 Å². The van der Waals surface area contributed by atoms with Crippen LogP contribution in [-0.4, -0.2) is 17.5 Å². The van der Waals surface area contributed by atoms with Crippen LogP contribution in [0, 0.1) is 0 Å². The SMILES string of the molecule is O=C1c2ccccc2N[C@@]1(CCO)c1ccccc1Br. The van der Waals surface area contributed by atoms with Gasteiger partial charge in [0.15, 0.2) is 5.78 Å². The number of nitrogens with one attached hydrogen (secondary N) is 1. The Hall–Kier alpha value is -1.65. The molecule has 0 unspecified atom stereocenters. The summed E-state index contributed by atoms with van der Waals surface area (Å²) in [5.41, 5.74) is 1.46. The third kappa shape index (κ3) is 1.87. The van der Waals surface area contributed by atoms with Crippen molar-refractivity contribution in [3.63, 3.8) is 0 Å². The van der Waals surface area contributed by atoms with Gasteiger partial charge in [0.1, 0.15) is 5.54 Å². The number of carbonyl (C=O) groups excluding carboxylic acids is 1. The summed E-state index contributed by atoms with van der Waals surface area (Å²) in [4.78, 5) is 12.9. The molecule has 1 atom stereocenters. The second kappa shape index (κ2) is 5.04. The maximum atomic E-state index is 12.9. The summed E-state index contributed by atoms with van der Waals surface area (Å²) in [6, 6.07) is 15.1. The lowest BCUT2D eigenvalue weighted by atomic mass is 9.83. The number of rotatable bonds is 3. The van der Waals surface area contributed by atoms with Gasteiger partial charge in [-0.25, -0.2) is 0 Å². The summed E-state index contributed by atoms with van der Waals surface area (Å²) < 4.78 is 0.863. The number of anilines is 1. The van der Waals surface area contributed by atoms with Gasteiger partial charge in [0, 0.05) is 28.8 Å². The highest BCUT2D eigenvalue weighted by molar-refractivity contribution is 9.10. The number of halogens is 1. The lowest BCUT2D eigenvalue weighted by molar-refractivity contribution is 0.0890. The monoisotopic (exact) mass is 331 g/mol.